The average Bonchev–Trinajstić information content (AvgIpc) is 3.09. The summed E-state index contributed by atoms with van der Waals surface area (Å²) in [6.07, 6.45) is 7.92. The maximum absolute atomic E-state index is 4.06. The van der Waals surface area contributed by atoms with Crippen molar-refractivity contribution in [2.24, 2.45) is 5.92 Å². The first-order chi connectivity index (χ1) is 8.40. The second-order valence-electron chi connectivity index (χ2n) is 5.43. The van der Waals surface area contributed by atoms with E-state index in [1.165, 1.54) is 44.5 Å². The standard InChI is InChI=1S/C14H21N3/c1-2-14(1)16-9-13-5-8-17(11-13)10-12-3-6-15-7-4-12/h3-4,6-7,13-14,16H,1-2,5,8-11H2. The maximum atomic E-state index is 4.06. The Morgan fingerprint density at radius 2 is 2.06 bits per heavy atom. The van der Waals surface area contributed by atoms with Gasteiger partial charge in [-0.2, -0.15) is 0 Å². The Morgan fingerprint density at radius 1 is 1.24 bits per heavy atom. The van der Waals surface area contributed by atoms with E-state index in [4.69, 9.17) is 0 Å². The number of aromatic nitrogens is 1. The lowest BCUT2D eigenvalue weighted by molar-refractivity contribution is 0.314. The number of nitrogens with zero attached hydrogens (tertiary/aromatic N) is 2. The van der Waals surface area contributed by atoms with Crippen LogP contribution < -0.4 is 5.32 Å². The van der Waals surface area contributed by atoms with Crippen LogP contribution >= 0.6 is 0 Å². The zero-order valence-corrected chi connectivity index (χ0v) is 10.3. The second-order valence-corrected chi connectivity index (χ2v) is 5.43. The van der Waals surface area contributed by atoms with Gasteiger partial charge in [-0.05, 0) is 56.0 Å². The van der Waals surface area contributed by atoms with Crippen molar-refractivity contribution in [1.29, 1.82) is 0 Å². The van der Waals surface area contributed by atoms with E-state index in [2.05, 4.69) is 27.3 Å². The Balaban J connectivity index is 1.43. The quantitative estimate of drug-likeness (QED) is 0.835. The minimum atomic E-state index is 0.851. The van der Waals surface area contributed by atoms with Crippen molar-refractivity contribution in [3.8, 4) is 0 Å². The molecule has 0 spiro atoms. The summed E-state index contributed by atoms with van der Waals surface area (Å²) < 4.78 is 0. The molecule has 2 aliphatic rings. The third-order valence-electron chi connectivity index (χ3n) is 3.80. The molecular weight excluding hydrogens is 210 g/mol. The van der Waals surface area contributed by atoms with Crippen LogP contribution in [0.15, 0.2) is 24.5 Å². The van der Waals surface area contributed by atoms with E-state index in [0.29, 0.717) is 0 Å². The predicted molar refractivity (Wildman–Crippen MR) is 68.6 cm³/mol. The molecule has 2 heterocycles. The molecular formula is C14H21N3. The Kier molecular flexibility index (Phi) is 3.39. The molecule has 1 aromatic rings. The average molecular weight is 231 g/mol. The molecule has 1 saturated carbocycles. The number of hydrogen-bond acceptors (Lipinski definition) is 3. The van der Waals surface area contributed by atoms with Crippen molar-refractivity contribution in [3.05, 3.63) is 30.1 Å². The van der Waals surface area contributed by atoms with E-state index in [1.807, 2.05) is 12.4 Å². The molecule has 1 aliphatic heterocycles. The molecule has 0 amide bonds. The van der Waals surface area contributed by atoms with Crippen LogP contribution in [0.2, 0.25) is 0 Å². The van der Waals surface area contributed by atoms with Gasteiger partial charge in [-0.3, -0.25) is 9.88 Å². The Morgan fingerprint density at radius 3 is 2.82 bits per heavy atom. The van der Waals surface area contributed by atoms with Crippen molar-refractivity contribution in [2.45, 2.75) is 31.8 Å². The van der Waals surface area contributed by atoms with E-state index >= 15 is 0 Å². The summed E-state index contributed by atoms with van der Waals surface area (Å²) in [6.45, 7) is 4.81. The fourth-order valence-corrected chi connectivity index (χ4v) is 2.59. The summed E-state index contributed by atoms with van der Waals surface area (Å²) in [7, 11) is 0. The van der Waals surface area contributed by atoms with Crippen LogP contribution in [0.25, 0.3) is 0 Å². The van der Waals surface area contributed by atoms with Gasteiger partial charge in [0.15, 0.2) is 0 Å². The molecule has 3 rings (SSSR count). The zero-order valence-electron chi connectivity index (χ0n) is 10.3. The largest absolute Gasteiger partial charge is 0.314 e. The number of rotatable bonds is 5. The summed E-state index contributed by atoms with van der Waals surface area (Å²) in [5.41, 5.74) is 1.39. The van der Waals surface area contributed by atoms with Gasteiger partial charge in [0.2, 0.25) is 0 Å². The lowest BCUT2D eigenvalue weighted by atomic mass is 10.1. The van der Waals surface area contributed by atoms with Gasteiger partial charge in [-0.1, -0.05) is 0 Å². The summed E-state index contributed by atoms with van der Waals surface area (Å²) >= 11 is 0. The number of pyridine rings is 1. The van der Waals surface area contributed by atoms with E-state index < -0.39 is 0 Å². The molecule has 1 aliphatic carbocycles. The summed E-state index contributed by atoms with van der Waals surface area (Å²) in [6, 6.07) is 5.09. The van der Waals surface area contributed by atoms with E-state index in [0.717, 1.165) is 18.5 Å². The van der Waals surface area contributed by atoms with Gasteiger partial charge in [-0.25, -0.2) is 0 Å². The van der Waals surface area contributed by atoms with Gasteiger partial charge in [0.25, 0.3) is 0 Å². The van der Waals surface area contributed by atoms with Gasteiger partial charge in [-0.15, -0.1) is 0 Å². The molecule has 1 aromatic heterocycles. The van der Waals surface area contributed by atoms with Crippen molar-refractivity contribution in [2.75, 3.05) is 19.6 Å². The van der Waals surface area contributed by atoms with E-state index in [9.17, 15) is 0 Å². The molecule has 3 nitrogen and oxygen atoms in total. The minimum absolute atomic E-state index is 0.851. The van der Waals surface area contributed by atoms with Crippen LogP contribution in [0.4, 0.5) is 0 Å². The molecule has 0 aromatic carbocycles. The molecule has 1 unspecified atom stereocenters. The van der Waals surface area contributed by atoms with Crippen LogP contribution in [0.5, 0.6) is 0 Å². The van der Waals surface area contributed by atoms with Crippen molar-refractivity contribution in [1.82, 2.24) is 15.2 Å². The van der Waals surface area contributed by atoms with Crippen LogP contribution in [0.3, 0.4) is 0 Å². The molecule has 1 atom stereocenters. The molecule has 1 saturated heterocycles. The Labute approximate surface area is 103 Å². The first kappa shape index (κ1) is 11.2. The summed E-state index contributed by atoms with van der Waals surface area (Å²) in [5, 5.41) is 3.65. The first-order valence-electron chi connectivity index (χ1n) is 6.75. The van der Waals surface area contributed by atoms with E-state index in [1.54, 1.807) is 0 Å². The number of hydrogen-bond donors (Lipinski definition) is 1. The first-order valence-corrected chi connectivity index (χ1v) is 6.75. The lowest BCUT2D eigenvalue weighted by Crippen LogP contribution is -2.27. The topological polar surface area (TPSA) is 28.2 Å². The molecule has 0 bridgehead atoms. The summed E-state index contributed by atoms with van der Waals surface area (Å²) in [5.74, 6) is 0.859. The molecule has 0 radical (unpaired) electrons. The van der Waals surface area contributed by atoms with Crippen molar-refractivity contribution >= 4 is 0 Å². The van der Waals surface area contributed by atoms with Gasteiger partial charge in [0.1, 0.15) is 0 Å². The monoisotopic (exact) mass is 231 g/mol. The van der Waals surface area contributed by atoms with Gasteiger partial charge < -0.3 is 5.32 Å². The van der Waals surface area contributed by atoms with Crippen molar-refractivity contribution < 1.29 is 0 Å². The third-order valence-corrected chi connectivity index (χ3v) is 3.80. The van der Waals surface area contributed by atoms with Crippen LogP contribution in [-0.2, 0) is 6.54 Å². The van der Waals surface area contributed by atoms with E-state index in [-0.39, 0.29) is 0 Å². The number of nitrogens with one attached hydrogen (secondary N) is 1. The second kappa shape index (κ2) is 5.15. The zero-order chi connectivity index (χ0) is 11.5. The minimum Gasteiger partial charge on any atom is -0.314 e. The smallest absolute Gasteiger partial charge is 0.0271 e. The molecule has 1 N–H and O–H groups in total. The fraction of sp³-hybridized carbons (Fsp3) is 0.643. The van der Waals surface area contributed by atoms with Crippen LogP contribution in [0.1, 0.15) is 24.8 Å². The van der Waals surface area contributed by atoms with Crippen LogP contribution in [0, 0.1) is 5.92 Å². The maximum Gasteiger partial charge on any atom is 0.0271 e. The molecule has 2 fully saturated rings. The number of likely N-dealkylation sites (tertiary alicyclic amines) is 1. The Bertz CT molecular complexity index is 348. The predicted octanol–water partition coefficient (Wildman–Crippen LogP) is 1.66. The molecule has 92 valence electrons. The highest BCUT2D eigenvalue weighted by molar-refractivity contribution is 5.09. The Hall–Kier alpha value is -0.930. The highest BCUT2D eigenvalue weighted by Gasteiger charge is 2.26. The highest BCUT2D eigenvalue weighted by atomic mass is 15.1. The normalized spacial score (nSPS) is 25.3. The fourth-order valence-electron chi connectivity index (χ4n) is 2.59. The SMILES string of the molecule is c1cc(CN2CCC(CNC3CC3)C2)ccn1. The van der Waals surface area contributed by atoms with Crippen molar-refractivity contribution in [3.63, 3.8) is 0 Å². The molecule has 3 heteroatoms. The lowest BCUT2D eigenvalue weighted by Gasteiger charge is -2.16. The van der Waals surface area contributed by atoms with Crippen LogP contribution in [-0.4, -0.2) is 35.6 Å². The molecule has 17 heavy (non-hydrogen) atoms. The van der Waals surface area contributed by atoms with Gasteiger partial charge in [0, 0.05) is 31.5 Å². The summed E-state index contributed by atoms with van der Waals surface area (Å²) in [4.78, 5) is 6.63. The third kappa shape index (κ3) is 3.27. The van der Waals surface area contributed by atoms with Gasteiger partial charge in [0.05, 0.1) is 0 Å². The highest BCUT2D eigenvalue weighted by Crippen LogP contribution is 2.22. The van der Waals surface area contributed by atoms with Gasteiger partial charge >= 0.3 is 0 Å².